The molecule has 2 heterocycles. The van der Waals surface area contributed by atoms with Gasteiger partial charge >= 0.3 is 0 Å². The fourth-order valence-electron chi connectivity index (χ4n) is 3.79. The lowest BCUT2D eigenvalue weighted by Gasteiger charge is -2.24. The molecular formula is C23H31N3O3S. The van der Waals surface area contributed by atoms with Gasteiger partial charge in [-0.3, -0.25) is 4.40 Å². The zero-order valence-corrected chi connectivity index (χ0v) is 19.5. The summed E-state index contributed by atoms with van der Waals surface area (Å²) in [4.78, 5) is 7.46. The number of fused-ring (bicyclic) bond motifs is 1. The molecule has 30 heavy (non-hydrogen) atoms. The predicted octanol–water partition coefficient (Wildman–Crippen LogP) is 5.38. The Balaban J connectivity index is 2.30. The third-order valence-electron chi connectivity index (χ3n) is 5.06. The van der Waals surface area contributed by atoms with E-state index in [-0.39, 0.29) is 0 Å². The summed E-state index contributed by atoms with van der Waals surface area (Å²) in [5, 5.41) is 1.02. The first-order valence-electron chi connectivity index (χ1n) is 10.2. The largest absolute Gasteiger partial charge is 0.496 e. The summed E-state index contributed by atoms with van der Waals surface area (Å²) in [6.45, 7) is 6.41. The highest BCUT2D eigenvalue weighted by atomic mass is 32.2. The van der Waals surface area contributed by atoms with E-state index < -0.39 is 0 Å². The summed E-state index contributed by atoms with van der Waals surface area (Å²) >= 11 is 1.67. The van der Waals surface area contributed by atoms with Crippen LogP contribution in [0, 0.1) is 0 Å². The minimum Gasteiger partial charge on any atom is -0.496 e. The molecule has 162 valence electrons. The molecule has 0 saturated heterocycles. The molecule has 0 radical (unpaired) electrons. The van der Waals surface area contributed by atoms with E-state index in [1.165, 1.54) is 0 Å². The fourth-order valence-corrected chi connectivity index (χ4v) is 4.38. The minimum atomic E-state index is 0.685. The highest BCUT2D eigenvalue weighted by molar-refractivity contribution is 7.98. The summed E-state index contributed by atoms with van der Waals surface area (Å²) in [6, 6.07) is 7.87. The minimum absolute atomic E-state index is 0.685. The average molecular weight is 430 g/mol. The molecule has 0 aliphatic carbocycles. The Morgan fingerprint density at radius 3 is 2.13 bits per heavy atom. The van der Waals surface area contributed by atoms with Crippen LogP contribution in [-0.4, -0.2) is 50.1 Å². The smallest absolute Gasteiger partial charge is 0.147 e. The molecule has 1 aromatic carbocycles. The quantitative estimate of drug-likeness (QED) is 0.404. The third kappa shape index (κ3) is 4.03. The van der Waals surface area contributed by atoms with Crippen LogP contribution in [0.25, 0.3) is 16.8 Å². The van der Waals surface area contributed by atoms with Crippen LogP contribution in [0.15, 0.2) is 35.5 Å². The summed E-state index contributed by atoms with van der Waals surface area (Å²) in [5.74, 6) is 3.21. The second-order valence-electron chi connectivity index (χ2n) is 6.95. The molecule has 3 rings (SSSR count). The molecule has 0 saturated carbocycles. The van der Waals surface area contributed by atoms with Crippen molar-refractivity contribution in [2.24, 2.45) is 0 Å². The molecule has 0 fully saturated rings. The van der Waals surface area contributed by atoms with Crippen LogP contribution in [0.3, 0.4) is 0 Å². The maximum absolute atomic E-state index is 5.71. The lowest BCUT2D eigenvalue weighted by Crippen LogP contribution is -2.26. The van der Waals surface area contributed by atoms with Crippen molar-refractivity contribution < 1.29 is 14.2 Å². The molecule has 0 aliphatic heterocycles. The van der Waals surface area contributed by atoms with Gasteiger partial charge in [-0.25, -0.2) is 4.98 Å². The number of thioether (sulfide) groups is 1. The average Bonchev–Trinajstić information content (AvgIpc) is 3.16. The van der Waals surface area contributed by atoms with Gasteiger partial charge in [0.25, 0.3) is 0 Å². The van der Waals surface area contributed by atoms with Crippen LogP contribution in [0.1, 0.15) is 26.7 Å². The monoisotopic (exact) mass is 429 g/mol. The number of ether oxygens (including phenoxy) is 3. The Kier molecular flexibility index (Phi) is 7.37. The summed E-state index contributed by atoms with van der Waals surface area (Å²) < 4.78 is 19.0. The molecule has 0 aliphatic rings. The molecule has 0 bridgehead atoms. The van der Waals surface area contributed by atoms with Crippen molar-refractivity contribution in [1.82, 2.24) is 9.38 Å². The molecule has 2 aromatic heterocycles. The Morgan fingerprint density at radius 2 is 1.63 bits per heavy atom. The normalized spacial score (nSPS) is 11.0. The Bertz CT molecular complexity index is 972. The van der Waals surface area contributed by atoms with Crippen molar-refractivity contribution in [3.05, 3.63) is 30.5 Å². The zero-order valence-electron chi connectivity index (χ0n) is 18.7. The number of aromatic nitrogens is 2. The molecule has 6 nitrogen and oxygen atoms in total. The Hall–Kier alpha value is -2.54. The maximum Gasteiger partial charge on any atom is 0.147 e. The van der Waals surface area contributed by atoms with Gasteiger partial charge in [-0.15, -0.1) is 11.8 Å². The number of rotatable bonds is 10. The summed E-state index contributed by atoms with van der Waals surface area (Å²) in [5.41, 5.74) is 2.72. The van der Waals surface area contributed by atoms with Crippen molar-refractivity contribution in [1.29, 1.82) is 0 Å². The van der Waals surface area contributed by atoms with Gasteiger partial charge in [-0.2, -0.15) is 0 Å². The van der Waals surface area contributed by atoms with Gasteiger partial charge < -0.3 is 19.1 Å². The second-order valence-corrected chi connectivity index (χ2v) is 7.75. The number of pyridine rings is 1. The number of anilines is 1. The van der Waals surface area contributed by atoms with Crippen LogP contribution in [0.2, 0.25) is 0 Å². The van der Waals surface area contributed by atoms with E-state index in [1.807, 2.05) is 12.1 Å². The fraction of sp³-hybridized carbons (Fsp3) is 0.435. The van der Waals surface area contributed by atoms with E-state index in [1.54, 1.807) is 33.1 Å². The van der Waals surface area contributed by atoms with Crippen molar-refractivity contribution in [3.63, 3.8) is 0 Å². The van der Waals surface area contributed by atoms with E-state index in [9.17, 15) is 0 Å². The van der Waals surface area contributed by atoms with Gasteiger partial charge in [-0.05, 0) is 31.2 Å². The number of nitrogens with zero attached hydrogens (tertiary/aromatic N) is 3. The van der Waals surface area contributed by atoms with E-state index in [0.717, 1.165) is 53.5 Å². The topological polar surface area (TPSA) is 48.2 Å². The molecule has 0 spiro atoms. The standard InChI is InChI=1S/C23H31N3O3S/c1-7-11-25(12-8-2)23-22(30-6)24-21-17(10-9-13-26(21)23)20-18(28-4)14-16(27-3)15-19(20)29-5/h9-10,13-15H,7-8,11-12H2,1-6H3. The summed E-state index contributed by atoms with van der Waals surface area (Å²) in [6.07, 6.45) is 6.33. The number of hydrogen-bond donors (Lipinski definition) is 0. The van der Waals surface area contributed by atoms with E-state index in [4.69, 9.17) is 19.2 Å². The third-order valence-corrected chi connectivity index (χ3v) is 5.72. The van der Waals surface area contributed by atoms with Gasteiger partial charge in [0.05, 0.1) is 26.9 Å². The van der Waals surface area contributed by atoms with Crippen LogP contribution in [-0.2, 0) is 0 Å². The number of imidazole rings is 1. The molecular weight excluding hydrogens is 398 g/mol. The molecule has 3 aromatic rings. The van der Waals surface area contributed by atoms with Gasteiger partial charge in [0, 0.05) is 37.0 Å². The molecule has 0 atom stereocenters. The first-order valence-corrected chi connectivity index (χ1v) is 11.5. The molecule has 0 amide bonds. The lowest BCUT2D eigenvalue weighted by atomic mass is 10.0. The highest BCUT2D eigenvalue weighted by Crippen LogP contribution is 2.44. The van der Waals surface area contributed by atoms with Crippen molar-refractivity contribution in [3.8, 4) is 28.4 Å². The number of hydrogen-bond acceptors (Lipinski definition) is 6. The van der Waals surface area contributed by atoms with Crippen molar-refractivity contribution >= 4 is 23.2 Å². The van der Waals surface area contributed by atoms with E-state index in [2.05, 4.69) is 47.7 Å². The predicted molar refractivity (Wildman–Crippen MR) is 125 cm³/mol. The Morgan fingerprint density at radius 1 is 1.00 bits per heavy atom. The van der Waals surface area contributed by atoms with Gasteiger partial charge in [-0.1, -0.05) is 13.8 Å². The van der Waals surface area contributed by atoms with Gasteiger partial charge in [0.1, 0.15) is 33.7 Å². The van der Waals surface area contributed by atoms with Crippen LogP contribution in [0.5, 0.6) is 17.2 Å². The van der Waals surface area contributed by atoms with E-state index >= 15 is 0 Å². The first-order chi connectivity index (χ1) is 14.6. The first kappa shape index (κ1) is 22.2. The zero-order chi connectivity index (χ0) is 21.7. The lowest BCUT2D eigenvalue weighted by molar-refractivity contribution is 0.377. The molecule has 0 unspecified atom stereocenters. The van der Waals surface area contributed by atoms with Crippen LogP contribution >= 0.6 is 11.8 Å². The molecule has 7 heteroatoms. The molecule has 0 N–H and O–H groups in total. The van der Waals surface area contributed by atoms with Gasteiger partial charge in [0.2, 0.25) is 0 Å². The van der Waals surface area contributed by atoms with Crippen molar-refractivity contribution in [2.75, 3.05) is 45.6 Å². The van der Waals surface area contributed by atoms with E-state index in [0.29, 0.717) is 17.2 Å². The highest BCUT2D eigenvalue weighted by Gasteiger charge is 2.23. The number of methoxy groups -OCH3 is 3. The maximum atomic E-state index is 5.71. The number of benzene rings is 1. The van der Waals surface area contributed by atoms with Gasteiger partial charge in [0.15, 0.2) is 0 Å². The van der Waals surface area contributed by atoms with Crippen LogP contribution < -0.4 is 19.1 Å². The summed E-state index contributed by atoms with van der Waals surface area (Å²) in [7, 11) is 4.95. The Labute approximate surface area is 183 Å². The second kappa shape index (κ2) is 9.98. The van der Waals surface area contributed by atoms with Crippen molar-refractivity contribution in [2.45, 2.75) is 31.7 Å². The van der Waals surface area contributed by atoms with Crippen LogP contribution in [0.4, 0.5) is 5.82 Å². The SMILES string of the molecule is CCCN(CCC)c1c(SC)nc2c(-c3c(OC)cc(OC)cc3OC)cccn12.